The summed E-state index contributed by atoms with van der Waals surface area (Å²) in [5.74, 6) is -0.0396. The van der Waals surface area contributed by atoms with E-state index in [2.05, 4.69) is 31.0 Å². The smallest absolute Gasteiger partial charge is 0.316 e. The van der Waals surface area contributed by atoms with Crippen molar-refractivity contribution in [2.75, 3.05) is 13.1 Å². The largest absolute Gasteiger partial charge is 0.458 e. The molecule has 1 aliphatic rings. The van der Waals surface area contributed by atoms with Crippen molar-refractivity contribution < 1.29 is 9.53 Å². The van der Waals surface area contributed by atoms with Crippen LogP contribution in [0.2, 0.25) is 0 Å². The van der Waals surface area contributed by atoms with E-state index in [9.17, 15) is 4.79 Å². The number of carbonyl (C=O) groups excluding carboxylic acids is 1. The van der Waals surface area contributed by atoms with Gasteiger partial charge in [-0.2, -0.15) is 5.10 Å². The van der Waals surface area contributed by atoms with Gasteiger partial charge in [0.25, 0.3) is 5.91 Å². The molecule has 1 fully saturated rings. The quantitative estimate of drug-likeness (QED) is 0.620. The van der Waals surface area contributed by atoms with Crippen LogP contribution in [0, 0.1) is 0 Å². The number of halogens is 1. The molecule has 1 amide bonds. The predicted octanol–water partition coefficient (Wildman–Crippen LogP) is 3.32. The molecule has 0 aliphatic carbocycles. The Labute approximate surface area is 171 Å². The molecule has 0 bridgehead atoms. The van der Waals surface area contributed by atoms with Crippen molar-refractivity contribution in [3.05, 3.63) is 59.0 Å². The van der Waals surface area contributed by atoms with Crippen LogP contribution in [0.1, 0.15) is 23.3 Å². The van der Waals surface area contributed by atoms with Gasteiger partial charge < -0.3 is 9.64 Å². The lowest BCUT2D eigenvalue weighted by Gasteiger charge is -2.32. The second-order valence-corrected chi connectivity index (χ2v) is 7.64. The molecule has 3 heterocycles. The zero-order chi connectivity index (χ0) is 19.5. The highest BCUT2D eigenvalue weighted by Gasteiger charge is 2.28. The number of benzene rings is 1. The number of rotatable bonds is 4. The van der Waals surface area contributed by atoms with Gasteiger partial charge in [-0.15, -0.1) is 0 Å². The van der Waals surface area contributed by atoms with Crippen molar-refractivity contribution >= 4 is 21.8 Å². The molecule has 1 aromatic carbocycles. The minimum absolute atomic E-state index is 0.0396. The Morgan fingerprint density at radius 3 is 2.71 bits per heavy atom. The van der Waals surface area contributed by atoms with Crippen LogP contribution in [-0.2, 0) is 7.05 Å². The lowest BCUT2D eigenvalue weighted by Crippen LogP contribution is -2.45. The summed E-state index contributed by atoms with van der Waals surface area (Å²) in [7, 11) is 1.80. The third-order valence-electron chi connectivity index (χ3n) is 4.70. The first-order valence-electron chi connectivity index (χ1n) is 9.13. The Morgan fingerprint density at radius 2 is 1.96 bits per heavy atom. The number of carbonyl (C=O) groups is 1. The maximum Gasteiger partial charge on any atom is 0.316 e. The van der Waals surface area contributed by atoms with E-state index in [-0.39, 0.29) is 12.0 Å². The zero-order valence-corrected chi connectivity index (χ0v) is 17.0. The van der Waals surface area contributed by atoms with E-state index < -0.39 is 0 Å². The molecule has 1 aliphatic heterocycles. The van der Waals surface area contributed by atoms with Gasteiger partial charge in [0.2, 0.25) is 0 Å². The molecule has 0 N–H and O–H groups in total. The first-order valence-corrected chi connectivity index (χ1v) is 9.92. The van der Waals surface area contributed by atoms with E-state index in [0.29, 0.717) is 24.8 Å². The van der Waals surface area contributed by atoms with Gasteiger partial charge in [0.05, 0.1) is 16.7 Å². The molecule has 0 spiro atoms. The number of amides is 1. The SMILES string of the molecule is Cn1nc(-c2ccccc2)cc1C(=O)N1CCCC(Oc2ncc(Br)cn2)C1. The summed E-state index contributed by atoms with van der Waals surface area (Å²) in [4.78, 5) is 23.2. The summed E-state index contributed by atoms with van der Waals surface area (Å²) in [5.41, 5.74) is 2.35. The number of ether oxygens (including phenoxy) is 1. The van der Waals surface area contributed by atoms with Crippen molar-refractivity contribution in [2.45, 2.75) is 18.9 Å². The number of aryl methyl sites for hydroxylation is 1. The van der Waals surface area contributed by atoms with Gasteiger partial charge in [-0.1, -0.05) is 30.3 Å². The second-order valence-electron chi connectivity index (χ2n) is 6.72. The fourth-order valence-corrected chi connectivity index (χ4v) is 3.51. The van der Waals surface area contributed by atoms with Gasteiger partial charge in [0.15, 0.2) is 0 Å². The van der Waals surface area contributed by atoms with Crippen LogP contribution in [0.5, 0.6) is 6.01 Å². The van der Waals surface area contributed by atoms with E-state index in [0.717, 1.165) is 28.6 Å². The third kappa shape index (κ3) is 4.06. The molecule has 2 aromatic heterocycles. The fraction of sp³-hybridized carbons (Fsp3) is 0.300. The molecular formula is C20H20BrN5O2. The van der Waals surface area contributed by atoms with Gasteiger partial charge in [-0.3, -0.25) is 9.48 Å². The van der Waals surface area contributed by atoms with Crippen LogP contribution in [-0.4, -0.2) is 49.7 Å². The standard InChI is InChI=1S/C20H20BrN5O2/c1-25-18(10-17(24-25)14-6-3-2-4-7-14)19(27)26-9-5-8-16(13-26)28-20-22-11-15(21)12-23-20/h2-4,6-7,10-12,16H,5,8-9,13H2,1H3. The van der Waals surface area contributed by atoms with Crippen LogP contribution in [0.4, 0.5) is 0 Å². The molecular weight excluding hydrogens is 422 g/mol. The highest BCUT2D eigenvalue weighted by molar-refractivity contribution is 9.10. The molecule has 0 radical (unpaired) electrons. The van der Waals surface area contributed by atoms with Crippen molar-refractivity contribution in [3.63, 3.8) is 0 Å². The fourth-order valence-electron chi connectivity index (χ4n) is 3.31. The Kier molecular flexibility index (Phi) is 5.38. The van der Waals surface area contributed by atoms with Crippen LogP contribution in [0.3, 0.4) is 0 Å². The Bertz CT molecular complexity index is 958. The minimum Gasteiger partial charge on any atom is -0.458 e. The number of likely N-dealkylation sites (tertiary alicyclic amines) is 1. The monoisotopic (exact) mass is 441 g/mol. The van der Waals surface area contributed by atoms with Crippen LogP contribution in [0.15, 0.2) is 53.3 Å². The van der Waals surface area contributed by atoms with Gasteiger partial charge in [0.1, 0.15) is 11.8 Å². The molecule has 1 unspecified atom stereocenters. The van der Waals surface area contributed by atoms with E-state index in [1.54, 1.807) is 24.1 Å². The van der Waals surface area contributed by atoms with E-state index in [1.165, 1.54) is 0 Å². The average molecular weight is 442 g/mol. The molecule has 0 saturated carbocycles. The van der Waals surface area contributed by atoms with Gasteiger partial charge in [-0.25, -0.2) is 9.97 Å². The number of aromatic nitrogens is 4. The van der Waals surface area contributed by atoms with Crippen molar-refractivity contribution in [3.8, 4) is 17.3 Å². The lowest BCUT2D eigenvalue weighted by atomic mass is 10.1. The lowest BCUT2D eigenvalue weighted by molar-refractivity contribution is 0.0506. The predicted molar refractivity (Wildman–Crippen MR) is 108 cm³/mol. The average Bonchev–Trinajstić information content (AvgIpc) is 3.12. The summed E-state index contributed by atoms with van der Waals surface area (Å²) in [5, 5.41) is 4.51. The molecule has 144 valence electrons. The van der Waals surface area contributed by atoms with Crippen molar-refractivity contribution in [2.24, 2.45) is 7.05 Å². The number of piperidine rings is 1. The molecule has 8 heteroatoms. The van der Waals surface area contributed by atoms with Gasteiger partial charge in [-0.05, 0) is 34.8 Å². The van der Waals surface area contributed by atoms with Crippen molar-refractivity contribution in [1.29, 1.82) is 0 Å². The highest BCUT2D eigenvalue weighted by Crippen LogP contribution is 2.22. The van der Waals surface area contributed by atoms with Gasteiger partial charge >= 0.3 is 6.01 Å². The molecule has 1 atom stereocenters. The molecule has 1 saturated heterocycles. The van der Waals surface area contributed by atoms with E-state index in [4.69, 9.17) is 4.74 Å². The van der Waals surface area contributed by atoms with E-state index in [1.807, 2.05) is 41.3 Å². The summed E-state index contributed by atoms with van der Waals surface area (Å²) in [6.07, 6.45) is 4.91. The Hall–Kier alpha value is -2.74. The molecule has 28 heavy (non-hydrogen) atoms. The van der Waals surface area contributed by atoms with Crippen LogP contribution < -0.4 is 4.74 Å². The number of nitrogens with zero attached hydrogens (tertiary/aromatic N) is 5. The van der Waals surface area contributed by atoms with Crippen molar-refractivity contribution in [1.82, 2.24) is 24.6 Å². The normalized spacial score (nSPS) is 16.8. The Morgan fingerprint density at radius 1 is 1.21 bits per heavy atom. The second kappa shape index (κ2) is 8.10. The summed E-state index contributed by atoms with van der Waals surface area (Å²) in [6, 6.07) is 12.0. The maximum atomic E-state index is 13.1. The Balaban J connectivity index is 1.47. The molecule has 3 aromatic rings. The van der Waals surface area contributed by atoms with E-state index >= 15 is 0 Å². The minimum atomic E-state index is -0.124. The zero-order valence-electron chi connectivity index (χ0n) is 15.5. The topological polar surface area (TPSA) is 73.1 Å². The maximum absolute atomic E-state index is 13.1. The third-order valence-corrected chi connectivity index (χ3v) is 5.11. The first kappa shape index (κ1) is 18.6. The number of hydrogen-bond acceptors (Lipinski definition) is 5. The highest BCUT2D eigenvalue weighted by atomic mass is 79.9. The summed E-state index contributed by atoms with van der Waals surface area (Å²) >= 11 is 3.31. The van der Waals surface area contributed by atoms with Crippen LogP contribution >= 0.6 is 15.9 Å². The van der Waals surface area contributed by atoms with Gasteiger partial charge in [0, 0.05) is 31.5 Å². The summed E-state index contributed by atoms with van der Waals surface area (Å²) < 4.78 is 8.31. The molecule has 4 rings (SSSR count). The number of hydrogen-bond donors (Lipinski definition) is 0. The van der Waals surface area contributed by atoms with Crippen LogP contribution in [0.25, 0.3) is 11.3 Å². The first-order chi connectivity index (χ1) is 13.6. The summed E-state index contributed by atoms with van der Waals surface area (Å²) in [6.45, 7) is 1.20. The molecule has 7 nitrogen and oxygen atoms in total.